The fraction of sp³-hybridized carbons (Fsp3) is 0.0417. The maximum Gasteiger partial charge on any atom is 0.339 e. The third-order valence-corrected chi connectivity index (χ3v) is 6.08. The van der Waals surface area contributed by atoms with Crippen LogP contribution < -0.4 is 14.4 Å². The second-order valence-electron chi connectivity index (χ2n) is 7.21. The van der Waals surface area contributed by atoms with Gasteiger partial charge in [-0.05, 0) is 55.0 Å². The molecule has 1 aliphatic rings. The van der Waals surface area contributed by atoms with Crippen LogP contribution in [0, 0.1) is 6.92 Å². The van der Waals surface area contributed by atoms with Crippen molar-refractivity contribution in [2.24, 2.45) is 0 Å². The summed E-state index contributed by atoms with van der Waals surface area (Å²) in [5.41, 5.74) is 1.44. The van der Waals surface area contributed by atoms with E-state index in [1.54, 1.807) is 42.5 Å². The molecule has 0 aromatic heterocycles. The second kappa shape index (κ2) is 8.71. The van der Waals surface area contributed by atoms with Crippen LogP contribution in [0.4, 0.5) is 10.5 Å². The molecule has 1 saturated heterocycles. The number of anilines is 1. The van der Waals surface area contributed by atoms with E-state index in [1.165, 1.54) is 42.5 Å². The van der Waals surface area contributed by atoms with Crippen LogP contribution in [-0.2, 0) is 19.7 Å². The normalized spacial score (nSPS) is 15.5. The number of barbiturate groups is 1. The SMILES string of the molecule is Cc1ccc(S(=O)(=O)Oc2ccc(/C=C3\C(=O)NC(=O)N(c4ccccc4)C3=O)cc2)cc1. The van der Waals surface area contributed by atoms with E-state index in [2.05, 4.69) is 5.32 Å². The van der Waals surface area contributed by atoms with Gasteiger partial charge in [-0.25, -0.2) is 9.69 Å². The lowest BCUT2D eigenvalue weighted by molar-refractivity contribution is -0.122. The number of urea groups is 1. The molecule has 3 aromatic carbocycles. The molecule has 0 bridgehead atoms. The predicted molar refractivity (Wildman–Crippen MR) is 121 cm³/mol. The maximum atomic E-state index is 12.9. The molecule has 0 saturated carbocycles. The van der Waals surface area contributed by atoms with Crippen LogP contribution in [0.1, 0.15) is 11.1 Å². The fourth-order valence-corrected chi connectivity index (χ4v) is 4.07. The van der Waals surface area contributed by atoms with Crippen molar-refractivity contribution >= 4 is 39.7 Å². The topological polar surface area (TPSA) is 110 Å². The minimum atomic E-state index is -4.01. The molecule has 0 aliphatic carbocycles. The van der Waals surface area contributed by atoms with E-state index in [4.69, 9.17) is 4.18 Å². The van der Waals surface area contributed by atoms with Crippen molar-refractivity contribution < 1.29 is 27.0 Å². The van der Waals surface area contributed by atoms with Crippen molar-refractivity contribution in [3.05, 3.63) is 95.6 Å². The highest BCUT2D eigenvalue weighted by atomic mass is 32.2. The van der Waals surface area contributed by atoms with Gasteiger partial charge in [-0.3, -0.25) is 14.9 Å². The van der Waals surface area contributed by atoms with Gasteiger partial charge in [0.05, 0.1) is 5.69 Å². The van der Waals surface area contributed by atoms with Crippen LogP contribution in [0.2, 0.25) is 0 Å². The molecule has 4 rings (SSSR count). The van der Waals surface area contributed by atoms with Gasteiger partial charge in [0.15, 0.2) is 0 Å². The minimum Gasteiger partial charge on any atom is -0.379 e. The molecule has 0 unspecified atom stereocenters. The molecule has 0 spiro atoms. The zero-order chi connectivity index (χ0) is 23.6. The number of nitrogens with zero attached hydrogens (tertiary/aromatic N) is 1. The van der Waals surface area contributed by atoms with Crippen LogP contribution in [-0.4, -0.2) is 26.3 Å². The molecular formula is C24H18N2O6S. The molecule has 4 amide bonds. The molecule has 9 heteroatoms. The molecule has 8 nitrogen and oxygen atoms in total. The lowest BCUT2D eigenvalue weighted by Crippen LogP contribution is -2.54. The number of aryl methyl sites for hydroxylation is 1. The average Bonchev–Trinajstić information content (AvgIpc) is 2.78. The molecular weight excluding hydrogens is 444 g/mol. The molecule has 1 fully saturated rings. The first-order valence-corrected chi connectivity index (χ1v) is 11.2. The van der Waals surface area contributed by atoms with Gasteiger partial charge < -0.3 is 4.18 Å². The third kappa shape index (κ3) is 4.68. The zero-order valence-electron chi connectivity index (χ0n) is 17.4. The summed E-state index contributed by atoms with van der Waals surface area (Å²) in [7, 11) is -4.01. The van der Waals surface area contributed by atoms with Gasteiger partial charge >= 0.3 is 16.1 Å². The van der Waals surface area contributed by atoms with Gasteiger partial charge in [-0.15, -0.1) is 0 Å². The van der Waals surface area contributed by atoms with Crippen molar-refractivity contribution in [1.29, 1.82) is 0 Å². The predicted octanol–water partition coefficient (Wildman–Crippen LogP) is 3.43. The van der Waals surface area contributed by atoms with Crippen molar-refractivity contribution in [2.45, 2.75) is 11.8 Å². The van der Waals surface area contributed by atoms with Crippen molar-refractivity contribution in [3.63, 3.8) is 0 Å². The molecule has 33 heavy (non-hydrogen) atoms. The van der Waals surface area contributed by atoms with Gasteiger partial charge in [-0.1, -0.05) is 48.0 Å². The van der Waals surface area contributed by atoms with Crippen molar-refractivity contribution in [2.75, 3.05) is 4.90 Å². The summed E-state index contributed by atoms with van der Waals surface area (Å²) in [4.78, 5) is 38.2. The first-order chi connectivity index (χ1) is 15.7. The van der Waals surface area contributed by atoms with Crippen LogP contribution in [0.5, 0.6) is 5.75 Å². The highest BCUT2D eigenvalue weighted by molar-refractivity contribution is 7.87. The Morgan fingerprint density at radius 1 is 0.848 bits per heavy atom. The van der Waals surface area contributed by atoms with E-state index < -0.39 is 28.0 Å². The van der Waals surface area contributed by atoms with Crippen LogP contribution in [0.3, 0.4) is 0 Å². The molecule has 1 N–H and O–H groups in total. The number of hydrogen-bond acceptors (Lipinski definition) is 6. The number of nitrogens with one attached hydrogen (secondary N) is 1. The van der Waals surface area contributed by atoms with Gasteiger partial charge in [0.25, 0.3) is 11.8 Å². The molecule has 0 radical (unpaired) electrons. The Bertz CT molecular complexity index is 1360. The van der Waals surface area contributed by atoms with Gasteiger partial charge in [0, 0.05) is 0 Å². The summed E-state index contributed by atoms with van der Waals surface area (Å²) in [6.45, 7) is 1.84. The smallest absolute Gasteiger partial charge is 0.339 e. The summed E-state index contributed by atoms with van der Waals surface area (Å²) in [6, 6.07) is 19.4. The number of amides is 4. The van der Waals surface area contributed by atoms with Gasteiger partial charge in [-0.2, -0.15) is 8.42 Å². The molecule has 3 aromatic rings. The highest BCUT2D eigenvalue weighted by Gasteiger charge is 2.36. The average molecular weight is 462 g/mol. The third-order valence-electron chi connectivity index (χ3n) is 4.82. The molecule has 1 heterocycles. The summed E-state index contributed by atoms with van der Waals surface area (Å²) < 4.78 is 30.0. The van der Waals surface area contributed by atoms with Crippen molar-refractivity contribution in [1.82, 2.24) is 5.32 Å². The quantitative estimate of drug-likeness (QED) is 0.353. The summed E-state index contributed by atoms with van der Waals surface area (Å²) in [5, 5.41) is 2.15. The number of benzene rings is 3. The number of carbonyl (C=O) groups is 3. The summed E-state index contributed by atoms with van der Waals surface area (Å²) >= 11 is 0. The standard InChI is InChI=1S/C24H18N2O6S/c1-16-7-13-20(14-8-16)33(30,31)32-19-11-9-17(10-12-19)15-21-22(27)25-24(29)26(23(21)28)18-5-3-2-4-6-18/h2-15H,1H3,(H,25,27,29)/b21-15+. The first-order valence-electron chi connectivity index (χ1n) is 9.82. The van der Waals surface area contributed by atoms with Crippen molar-refractivity contribution in [3.8, 4) is 5.75 Å². The molecule has 166 valence electrons. The minimum absolute atomic E-state index is 0.0226. The zero-order valence-corrected chi connectivity index (χ0v) is 18.2. The number of para-hydroxylation sites is 1. The van der Waals surface area contributed by atoms with Crippen LogP contribution in [0.15, 0.2) is 89.3 Å². The Morgan fingerprint density at radius 3 is 2.12 bits per heavy atom. The van der Waals surface area contributed by atoms with Gasteiger partial charge in [0.1, 0.15) is 16.2 Å². The lowest BCUT2D eigenvalue weighted by Gasteiger charge is -2.26. The van der Waals surface area contributed by atoms with E-state index in [9.17, 15) is 22.8 Å². The fourth-order valence-electron chi connectivity index (χ4n) is 3.14. The Morgan fingerprint density at radius 2 is 1.48 bits per heavy atom. The highest BCUT2D eigenvalue weighted by Crippen LogP contribution is 2.23. The largest absolute Gasteiger partial charge is 0.379 e. The lowest BCUT2D eigenvalue weighted by atomic mass is 10.1. The molecule has 0 atom stereocenters. The molecule has 1 aliphatic heterocycles. The second-order valence-corrected chi connectivity index (χ2v) is 8.76. The summed E-state index contributed by atoms with van der Waals surface area (Å²) in [6.07, 6.45) is 1.32. The first kappa shape index (κ1) is 22.0. The Kier molecular flexibility index (Phi) is 5.80. The van der Waals surface area contributed by atoms with Crippen LogP contribution in [0.25, 0.3) is 6.08 Å². The van der Waals surface area contributed by atoms with E-state index in [1.807, 2.05) is 6.92 Å². The number of hydrogen-bond donors (Lipinski definition) is 1. The van der Waals surface area contributed by atoms with Gasteiger partial charge in [0.2, 0.25) is 0 Å². The number of rotatable bonds is 5. The Balaban J connectivity index is 1.56. The monoisotopic (exact) mass is 462 g/mol. The number of carbonyl (C=O) groups excluding carboxylic acids is 3. The van der Waals surface area contributed by atoms with Crippen LogP contribution >= 0.6 is 0 Å². The Labute approximate surface area is 190 Å². The number of imide groups is 2. The summed E-state index contributed by atoms with van der Waals surface area (Å²) in [5.74, 6) is -1.52. The van der Waals surface area contributed by atoms with E-state index in [0.717, 1.165) is 10.5 Å². The van der Waals surface area contributed by atoms with E-state index >= 15 is 0 Å². The maximum absolute atomic E-state index is 12.9. The Hall–Kier alpha value is -4.24. The van der Waals surface area contributed by atoms with E-state index in [0.29, 0.717) is 11.3 Å². The van der Waals surface area contributed by atoms with E-state index in [-0.39, 0.29) is 16.2 Å².